The summed E-state index contributed by atoms with van der Waals surface area (Å²) in [7, 11) is 0. The molecule has 0 bridgehead atoms. The molecule has 1 aliphatic heterocycles. The third kappa shape index (κ3) is 3.64. The first kappa shape index (κ1) is 18.5. The molecule has 0 aliphatic carbocycles. The molecule has 2 aromatic rings. The monoisotopic (exact) mass is 398 g/mol. The number of ether oxygens (including phenoxy) is 1. The zero-order valence-corrected chi connectivity index (χ0v) is 15.3. The molecule has 1 saturated heterocycles. The number of rotatable bonds is 5. The Hall–Kier alpha value is -2.25. The van der Waals surface area contributed by atoms with Gasteiger partial charge in [0.25, 0.3) is 5.91 Å². The smallest absolute Gasteiger partial charge is 0.308 e. The zero-order chi connectivity index (χ0) is 18.8. The van der Waals surface area contributed by atoms with E-state index in [1.807, 2.05) is 0 Å². The van der Waals surface area contributed by atoms with Gasteiger partial charge in [-0.25, -0.2) is 0 Å². The highest BCUT2D eigenvalue weighted by Crippen LogP contribution is 2.33. The van der Waals surface area contributed by atoms with E-state index in [1.165, 1.54) is 11.0 Å². The van der Waals surface area contributed by atoms with Crippen molar-refractivity contribution in [2.75, 3.05) is 6.54 Å². The third-order valence-corrected chi connectivity index (χ3v) is 4.98. The number of carbonyl (C=O) groups is 2. The van der Waals surface area contributed by atoms with Crippen molar-refractivity contribution in [2.45, 2.75) is 26.0 Å². The molecular formula is C17H16Cl2N2O5. The quantitative estimate of drug-likeness (QED) is 0.828. The Morgan fingerprint density at radius 1 is 1.38 bits per heavy atom. The van der Waals surface area contributed by atoms with Crippen LogP contribution in [0.4, 0.5) is 0 Å². The second-order valence-corrected chi connectivity index (χ2v) is 6.80. The minimum Gasteiger partial charge on any atom is -0.482 e. The van der Waals surface area contributed by atoms with Crippen LogP contribution in [0.25, 0.3) is 0 Å². The van der Waals surface area contributed by atoms with Gasteiger partial charge in [-0.1, -0.05) is 34.4 Å². The van der Waals surface area contributed by atoms with E-state index < -0.39 is 17.9 Å². The first-order valence-electron chi connectivity index (χ1n) is 7.94. The van der Waals surface area contributed by atoms with Gasteiger partial charge in [-0.05, 0) is 25.5 Å². The Kier molecular flexibility index (Phi) is 5.38. The molecule has 0 radical (unpaired) electrons. The van der Waals surface area contributed by atoms with Crippen molar-refractivity contribution in [1.82, 2.24) is 10.1 Å². The molecule has 26 heavy (non-hydrogen) atoms. The second-order valence-electron chi connectivity index (χ2n) is 5.99. The molecule has 1 aromatic carbocycles. The number of hydrogen-bond donors (Lipinski definition) is 1. The maximum Gasteiger partial charge on any atom is 0.308 e. The van der Waals surface area contributed by atoms with Crippen LogP contribution < -0.4 is 4.74 Å². The maximum absolute atomic E-state index is 12.5. The number of halogens is 2. The number of amides is 1. The predicted molar refractivity (Wildman–Crippen MR) is 93.5 cm³/mol. The fraction of sp³-hybridized carbons (Fsp3) is 0.353. The van der Waals surface area contributed by atoms with Crippen molar-refractivity contribution in [1.29, 1.82) is 0 Å². The molecule has 2 unspecified atom stereocenters. The number of carboxylic acid groups (broad SMARTS) is 1. The van der Waals surface area contributed by atoms with Crippen LogP contribution >= 0.6 is 23.2 Å². The van der Waals surface area contributed by atoms with Gasteiger partial charge in [0.1, 0.15) is 6.61 Å². The Bertz CT molecular complexity index is 818. The van der Waals surface area contributed by atoms with Crippen LogP contribution in [0.2, 0.25) is 10.0 Å². The summed E-state index contributed by atoms with van der Waals surface area (Å²) in [6.45, 7) is 2.08. The molecular weight excluding hydrogens is 383 g/mol. The average Bonchev–Trinajstić information content (AvgIpc) is 3.20. The summed E-state index contributed by atoms with van der Waals surface area (Å²) in [4.78, 5) is 25.2. The molecule has 1 N–H and O–H groups in total. The summed E-state index contributed by atoms with van der Waals surface area (Å²) < 4.78 is 10.7. The molecule has 0 spiro atoms. The van der Waals surface area contributed by atoms with Gasteiger partial charge in [-0.3, -0.25) is 9.59 Å². The fourth-order valence-electron chi connectivity index (χ4n) is 2.95. The Morgan fingerprint density at radius 2 is 2.08 bits per heavy atom. The van der Waals surface area contributed by atoms with Crippen LogP contribution in [0.5, 0.6) is 5.75 Å². The van der Waals surface area contributed by atoms with E-state index in [0.29, 0.717) is 34.5 Å². The fourth-order valence-corrected chi connectivity index (χ4v) is 3.46. The predicted octanol–water partition coefficient (Wildman–Crippen LogP) is 3.50. The van der Waals surface area contributed by atoms with Crippen LogP contribution in [-0.4, -0.2) is 39.6 Å². The van der Waals surface area contributed by atoms with Crippen molar-refractivity contribution < 1.29 is 24.0 Å². The molecule has 1 fully saturated rings. The summed E-state index contributed by atoms with van der Waals surface area (Å²) in [5.41, 5.74) is 0.103. The first-order chi connectivity index (χ1) is 12.4. The number of hydrogen-bond acceptors (Lipinski definition) is 5. The van der Waals surface area contributed by atoms with Crippen molar-refractivity contribution in [3.8, 4) is 5.75 Å². The molecule has 9 heteroatoms. The topological polar surface area (TPSA) is 92.9 Å². The highest BCUT2D eigenvalue weighted by atomic mass is 35.5. The minimum absolute atomic E-state index is 0.00294. The largest absolute Gasteiger partial charge is 0.482 e. The number of likely N-dealkylation sites (tertiary alicyclic amines) is 1. The molecule has 1 aliphatic rings. The van der Waals surface area contributed by atoms with Crippen LogP contribution in [0, 0.1) is 5.92 Å². The zero-order valence-electron chi connectivity index (χ0n) is 13.8. The molecule has 2 atom stereocenters. The Morgan fingerprint density at radius 3 is 2.69 bits per heavy atom. The van der Waals surface area contributed by atoms with Gasteiger partial charge in [0.15, 0.2) is 17.2 Å². The van der Waals surface area contributed by atoms with E-state index in [1.54, 1.807) is 25.1 Å². The standard InChI is InChI=1S/C17H16Cl2N2O5/c1-9-11(17(23)24)5-6-21(9)16(22)14-7-10(26-20-14)8-25-15-12(18)3-2-4-13(15)19/h2-4,7,9,11H,5-6,8H2,1H3,(H,23,24). The van der Waals surface area contributed by atoms with Crippen molar-refractivity contribution in [3.05, 3.63) is 45.8 Å². The number of carboxylic acids is 1. The van der Waals surface area contributed by atoms with E-state index in [4.69, 9.17) is 32.5 Å². The van der Waals surface area contributed by atoms with Gasteiger partial charge in [0, 0.05) is 18.7 Å². The highest BCUT2D eigenvalue weighted by molar-refractivity contribution is 6.37. The van der Waals surface area contributed by atoms with E-state index in [-0.39, 0.29) is 18.2 Å². The van der Waals surface area contributed by atoms with Gasteiger partial charge in [0.2, 0.25) is 0 Å². The van der Waals surface area contributed by atoms with Gasteiger partial charge >= 0.3 is 5.97 Å². The van der Waals surface area contributed by atoms with E-state index in [9.17, 15) is 14.7 Å². The van der Waals surface area contributed by atoms with E-state index >= 15 is 0 Å². The summed E-state index contributed by atoms with van der Waals surface area (Å²) in [5.74, 6) is -1.20. The van der Waals surface area contributed by atoms with Crippen LogP contribution in [0.15, 0.2) is 28.8 Å². The number of nitrogens with zero attached hydrogens (tertiary/aromatic N) is 2. The number of aromatic nitrogens is 1. The lowest BCUT2D eigenvalue weighted by molar-refractivity contribution is -0.142. The molecule has 7 nitrogen and oxygen atoms in total. The SMILES string of the molecule is CC1C(C(=O)O)CCN1C(=O)c1cc(COc2c(Cl)cccc2Cl)on1. The lowest BCUT2D eigenvalue weighted by Gasteiger charge is -2.21. The Balaban J connectivity index is 1.66. The number of benzene rings is 1. The normalized spacial score (nSPS) is 19.6. The summed E-state index contributed by atoms with van der Waals surface area (Å²) in [6.07, 6.45) is 0.418. The number of para-hydroxylation sites is 1. The summed E-state index contributed by atoms with van der Waals surface area (Å²) >= 11 is 12.1. The van der Waals surface area contributed by atoms with Gasteiger partial charge in [-0.2, -0.15) is 0 Å². The average molecular weight is 399 g/mol. The molecule has 138 valence electrons. The minimum atomic E-state index is -0.904. The lowest BCUT2D eigenvalue weighted by atomic mass is 10.0. The first-order valence-corrected chi connectivity index (χ1v) is 8.70. The molecule has 2 heterocycles. The van der Waals surface area contributed by atoms with E-state index in [0.717, 1.165) is 0 Å². The summed E-state index contributed by atoms with van der Waals surface area (Å²) in [5, 5.41) is 13.7. The van der Waals surface area contributed by atoms with Crippen LogP contribution in [0.1, 0.15) is 29.6 Å². The van der Waals surface area contributed by atoms with Crippen molar-refractivity contribution >= 4 is 35.1 Å². The van der Waals surface area contributed by atoms with Gasteiger partial charge in [-0.15, -0.1) is 0 Å². The molecule has 1 amide bonds. The number of aliphatic carboxylic acids is 1. The second kappa shape index (κ2) is 7.55. The van der Waals surface area contributed by atoms with Crippen LogP contribution in [-0.2, 0) is 11.4 Å². The summed E-state index contributed by atoms with van der Waals surface area (Å²) in [6, 6.07) is 6.05. The highest BCUT2D eigenvalue weighted by Gasteiger charge is 2.39. The third-order valence-electron chi connectivity index (χ3n) is 4.39. The molecule has 0 saturated carbocycles. The number of carbonyl (C=O) groups excluding carboxylic acids is 1. The van der Waals surface area contributed by atoms with Crippen molar-refractivity contribution in [3.63, 3.8) is 0 Å². The molecule has 1 aromatic heterocycles. The Labute approximate surface area is 159 Å². The van der Waals surface area contributed by atoms with Crippen molar-refractivity contribution in [2.24, 2.45) is 5.92 Å². The maximum atomic E-state index is 12.5. The van der Waals surface area contributed by atoms with Crippen LogP contribution in [0.3, 0.4) is 0 Å². The van der Waals surface area contributed by atoms with Gasteiger partial charge in [0.05, 0.1) is 16.0 Å². The molecule has 3 rings (SSSR count). The van der Waals surface area contributed by atoms with Gasteiger partial charge < -0.3 is 19.3 Å². The lowest BCUT2D eigenvalue weighted by Crippen LogP contribution is -2.37. The van der Waals surface area contributed by atoms with E-state index in [2.05, 4.69) is 5.16 Å².